The van der Waals surface area contributed by atoms with Gasteiger partial charge in [-0.25, -0.2) is 0 Å². The van der Waals surface area contributed by atoms with Crippen molar-refractivity contribution in [2.75, 3.05) is 39.6 Å². The number of halogens is 1. The smallest absolute Gasteiger partial charge is 0.220 e. The molecule has 3 amide bonds. The largest absolute Gasteiger partial charge is 0.497 e. The Morgan fingerprint density at radius 2 is 1.13 bits per heavy atom. The van der Waals surface area contributed by atoms with Crippen LogP contribution >= 0.6 is 23.4 Å². The number of aliphatic imine (C=N–C) groups is 2. The Kier molecular flexibility index (Phi) is 18.4. The number of unbranched alkanes of at least 4 members (excludes halogenated alkanes) is 2. The minimum absolute atomic E-state index is 0.00384. The molecule has 0 aliphatic carbocycles. The number of carbonyl (C=O) groups excluding carboxylic acids is 3. The topological polar surface area (TPSA) is 192 Å². The van der Waals surface area contributed by atoms with E-state index in [1.54, 1.807) is 26.0 Å². The summed E-state index contributed by atoms with van der Waals surface area (Å²) in [5.41, 5.74) is 7.73. The number of rotatable bonds is 15. The lowest BCUT2D eigenvalue weighted by Crippen LogP contribution is -2.25. The maximum Gasteiger partial charge on any atom is 0.220 e. The number of hydrogen-bond acceptors (Lipinski definition) is 12. The van der Waals surface area contributed by atoms with Gasteiger partial charge in [0.2, 0.25) is 17.7 Å². The Morgan fingerprint density at radius 3 is 1.59 bits per heavy atom. The van der Waals surface area contributed by atoms with Crippen molar-refractivity contribution in [1.29, 1.82) is 0 Å². The number of aromatic nitrogens is 6. The molecule has 4 aromatic carbocycles. The van der Waals surface area contributed by atoms with Gasteiger partial charge in [-0.05, 0) is 101 Å². The zero-order valence-electron chi connectivity index (χ0n) is 39.6. The minimum atomic E-state index is -0.00384. The summed E-state index contributed by atoms with van der Waals surface area (Å²) in [5.74, 6) is 5.64. The molecule has 8 rings (SSSR count). The monoisotopic (exact) mass is 959 g/mol. The van der Waals surface area contributed by atoms with Crippen molar-refractivity contribution in [3.8, 4) is 22.9 Å². The van der Waals surface area contributed by atoms with Crippen molar-refractivity contribution in [2.45, 2.75) is 78.3 Å². The van der Waals surface area contributed by atoms with Crippen LogP contribution in [0.2, 0.25) is 5.02 Å². The number of hydrogen-bond donors (Lipinski definition) is 3. The van der Waals surface area contributed by atoms with E-state index in [0.717, 1.165) is 111 Å². The van der Waals surface area contributed by atoms with Gasteiger partial charge in [-0.2, -0.15) is 0 Å². The van der Waals surface area contributed by atoms with Crippen LogP contribution in [-0.2, 0) is 27.5 Å². The summed E-state index contributed by atoms with van der Waals surface area (Å²) in [7, 11) is 3.32. The number of nitrogens with zero attached hydrogens (tertiary/aromatic N) is 8. The van der Waals surface area contributed by atoms with E-state index >= 15 is 0 Å². The van der Waals surface area contributed by atoms with E-state index in [1.807, 2.05) is 90.6 Å². The molecule has 2 aliphatic heterocycles. The summed E-state index contributed by atoms with van der Waals surface area (Å²) in [6, 6.07) is 27.9. The fourth-order valence-electron chi connectivity index (χ4n) is 7.50. The van der Waals surface area contributed by atoms with E-state index in [2.05, 4.69) is 60.6 Å². The molecule has 0 spiro atoms. The predicted molar refractivity (Wildman–Crippen MR) is 267 cm³/mol. The summed E-state index contributed by atoms with van der Waals surface area (Å²) in [6.45, 7) is 11.8. The van der Waals surface area contributed by atoms with Crippen LogP contribution in [0.1, 0.15) is 92.0 Å². The van der Waals surface area contributed by atoms with Crippen LogP contribution in [0.4, 0.5) is 0 Å². The lowest BCUT2D eigenvalue weighted by molar-refractivity contribution is -0.121. The summed E-state index contributed by atoms with van der Waals surface area (Å²) >= 11 is 7.69. The highest BCUT2D eigenvalue weighted by molar-refractivity contribution is 7.99. The second kappa shape index (κ2) is 24.8. The van der Waals surface area contributed by atoms with E-state index < -0.39 is 0 Å². The molecule has 18 heteroatoms. The minimum Gasteiger partial charge on any atom is -0.497 e. The number of amides is 3. The van der Waals surface area contributed by atoms with Gasteiger partial charge in [-0.15, -0.1) is 32.2 Å². The van der Waals surface area contributed by atoms with E-state index in [9.17, 15) is 14.4 Å². The maximum absolute atomic E-state index is 12.2. The SMILES string of the molecule is CCNC(C)=O.COc1ccc2c(c1)C(c1ccc(Cl)cc1)=NCc1nnc(C)n1-2.COc1ccc2c(c1)C(c1ccc(SCCC(=O)NCCCCCNC(C)=O)cc1)=NCc1nnc(C)n1-2. The molecule has 6 aromatic rings. The number of benzene rings is 4. The van der Waals surface area contributed by atoms with Gasteiger partial charge in [0.25, 0.3) is 0 Å². The number of methoxy groups -OCH3 is 2. The zero-order chi connectivity index (χ0) is 48.6. The first-order chi connectivity index (χ1) is 32.9. The maximum atomic E-state index is 12.2. The van der Waals surface area contributed by atoms with Crippen LogP contribution in [0.3, 0.4) is 0 Å². The number of nitrogens with one attached hydrogen (secondary N) is 3. The molecule has 2 aromatic heterocycles. The van der Waals surface area contributed by atoms with Crippen molar-refractivity contribution in [2.24, 2.45) is 9.98 Å². The van der Waals surface area contributed by atoms with E-state index in [1.165, 1.54) is 13.8 Å². The van der Waals surface area contributed by atoms with Gasteiger partial charge in [0, 0.05) is 77.8 Å². The van der Waals surface area contributed by atoms with Crippen LogP contribution in [-0.4, -0.2) is 98.3 Å². The number of aryl methyl sites for hydroxylation is 2. The first-order valence-electron chi connectivity index (χ1n) is 22.4. The average molecular weight is 961 g/mol. The lowest BCUT2D eigenvalue weighted by atomic mass is 10.00. The fourth-order valence-corrected chi connectivity index (χ4v) is 8.47. The molecule has 0 atom stereocenters. The fraction of sp³-hybridized carbons (Fsp3) is 0.340. The highest BCUT2D eigenvalue weighted by atomic mass is 35.5. The van der Waals surface area contributed by atoms with E-state index in [4.69, 9.17) is 31.1 Å². The van der Waals surface area contributed by atoms with Crippen LogP contribution < -0.4 is 25.4 Å². The molecule has 4 heterocycles. The van der Waals surface area contributed by atoms with E-state index in [0.29, 0.717) is 43.4 Å². The van der Waals surface area contributed by atoms with Crippen LogP contribution in [0.5, 0.6) is 11.5 Å². The van der Waals surface area contributed by atoms with Gasteiger partial charge in [0.1, 0.15) is 36.2 Å². The number of fused-ring (bicyclic) bond motifs is 6. The predicted octanol–water partition coefficient (Wildman–Crippen LogP) is 7.57. The molecule has 0 unspecified atom stereocenters. The van der Waals surface area contributed by atoms with Gasteiger partial charge < -0.3 is 25.4 Å². The number of thioether (sulfide) groups is 1. The highest BCUT2D eigenvalue weighted by Crippen LogP contribution is 2.31. The molecule has 0 fully saturated rings. The second-order valence-electron chi connectivity index (χ2n) is 15.7. The third kappa shape index (κ3) is 13.4. The summed E-state index contributed by atoms with van der Waals surface area (Å²) in [6.07, 6.45) is 3.28. The first kappa shape index (κ1) is 50.6. The van der Waals surface area contributed by atoms with Gasteiger partial charge in [-0.1, -0.05) is 35.9 Å². The Balaban J connectivity index is 0.000000215. The third-order valence-electron chi connectivity index (χ3n) is 10.8. The summed E-state index contributed by atoms with van der Waals surface area (Å²) in [4.78, 5) is 43.7. The quantitative estimate of drug-likeness (QED) is 0.0683. The number of ether oxygens (including phenoxy) is 2. The molecule has 0 bridgehead atoms. The Bertz CT molecular complexity index is 2750. The van der Waals surface area contributed by atoms with Gasteiger partial charge in [0.15, 0.2) is 11.6 Å². The second-order valence-corrected chi connectivity index (χ2v) is 17.3. The van der Waals surface area contributed by atoms with Crippen molar-refractivity contribution in [3.63, 3.8) is 0 Å². The van der Waals surface area contributed by atoms with Gasteiger partial charge in [0.05, 0.1) is 37.0 Å². The third-order valence-corrected chi connectivity index (χ3v) is 12.0. The molecule has 0 radical (unpaired) electrons. The average Bonchev–Trinajstić information content (AvgIpc) is 3.78. The molecule has 0 saturated carbocycles. The Morgan fingerprint density at radius 1 is 0.647 bits per heavy atom. The molecular formula is C50H58ClN11O5S. The van der Waals surface area contributed by atoms with Crippen LogP contribution in [0.25, 0.3) is 11.4 Å². The summed E-state index contributed by atoms with van der Waals surface area (Å²) in [5, 5.41) is 26.0. The first-order valence-corrected chi connectivity index (χ1v) is 23.8. The van der Waals surface area contributed by atoms with Crippen molar-refractivity contribution in [1.82, 2.24) is 45.5 Å². The van der Waals surface area contributed by atoms with Crippen molar-refractivity contribution in [3.05, 3.63) is 136 Å². The van der Waals surface area contributed by atoms with Crippen LogP contribution in [0.15, 0.2) is 99.8 Å². The highest BCUT2D eigenvalue weighted by Gasteiger charge is 2.24. The molecule has 2 aliphatic rings. The normalized spacial score (nSPS) is 12.0. The van der Waals surface area contributed by atoms with Gasteiger partial charge >= 0.3 is 0 Å². The molecule has 68 heavy (non-hydrogen) atoms. The van der Waals surface area contributed by atoms with Gasteiger partial charge in [-0.3, -0.25) is 33.5 Å². The Labute approximate surface area is 406 Å². The van der Waals surface area contributed by atoms with E-state index in [-0.39, 0.29) is 17.7 Å². The number of carbonyl (C=O) groups is 3. The molecule has 3 N–H and O–H groups in total. The molecule has 0 saturated heterocycles. The van der Waals surface area contributed by atoms with Crippen LogP contribution in [0, 0.1) is 13.8 Å². The molecular weight excluding hydrogens is 902 g/mol. The molecule has 356 valence electrons. The standard InChI is InChI=1S/C28H34N6O3S.C18H15ClN4O.C4H9NO/c1-19-32-33-26-18-31-28(24-17-22(37-3)9-12-25(24)34(19)26)21-7-10-23(11-8-21)38-16-13-27(36)30-15-6-4-5-14-29-20(2)35;1-11-21-22-17-10-20-18(12-3-5-13(19)6-4-12)15-9-14(24-2)7-8-16(15)23(11)17;1-3-5-4(2)6/h7-12,17H,4-6,13-16,18H2,1-3H3,(H,29,35)(H,30,36);3-9H,10H2,1-2H3;3H2,1-2H3,(H,5,6). The Hall–Kier alpha value is -6.85. The zero-order valence-corrected chi connectivity index (χ0v) is 41.1. The molecule has 16 nitrogen and oxygen atoms in total. The van der Waals surface area contributed by atoms with Crippen molar-refractivity contribution < 1.29 is 23.9 Å². The van der Waals surface area contributed by atoms with Crippen molar-refractivity contribution >= 4 is 52.5 Å². The summed E-state index contributed by atoms with van der Waals surface area (Å²) < 4.78 is 15.0. The lowest BCUT2D eigenvalue weighted by Gasteiger charge is -2.14.